The van der Waals surface area contributed by atoms with Crippen LogP contribution in [0.4, 0.5) is 0 Å². The largest absolute Gasteiger partial charge is 0.456 e. The van der Waals surface area contributed by atoms with Gasteiger partial charge < -0.3 is 9.14 Å². The molecule has 0 saturated carbocycles. The number of nitrogens with zero attached hydrogens (tertiary/aromatic N) is 3. The minimum atomic E-state index is -3.80. The number of pyridine rings is 1. The van der Waals surface area contributed by atoms with Crippen molar-refractivity contribution in [3.05, 3.63) is 64.6 Å². The lowest BCUT2D eigenvalue weighted by molar-refractivity contribution is 0.0468. The molecule has 0 saturated heterocycles. The zero-order valence-electron chi connectivity index (χ0n) is 16.4. The Morgan fingerprint density at radius 1 is 1.24 bits per heavy atom. The van der Waals surface area contributed by atoms with Crippen molar-refractivity contribution in [1.82, 2.24) is 13.7 Å². The van der Waals surface area contributed by atoms with Gasteiger partial charge in [-0.1, -0.05) is 31.5 Å². The smallest absolute Gasteiger partial charge is 0.338 e. The fourth-order valence-corrected chi connectivity index (χ4v) is 4.99. The van der Waals surface area contributed by atoms with Gasteiger partial charge in [0.1, 0.15) is 17.1 Å². The van der Waals surface area contributed by atoms with Crippen molar-refractivity contribution in [2.45, 2.75) is 32.3 Å². The number of imidazole rings is 1. The zero-order chi connectivity index (χ0) is 21.2. The Balaban J connectivity index is 1.81. The summed E-state index contributed by atoms with van der Waals surface area (Å²) in [5, 5.41) is 0.0595. The van der Waals surface area contributed by atoms with Gasteiger partial charge in [-0.25, -0.2) is 18.2 Å². The van der Waals surface area contributed by atoms with Crippen LogP contribution in [0.15, 0.2) is 47.6 Å². The number of carbonyl (C=O) groups is 1. The number of halogens is 1. The third kappa shape index (κ3) is 4.29. The molecule has 2 aromatic heterocycles. The summed E-state index contributed by atoms with van der Waals surface area (Å²) in [5.74, 6) is -0.647. The van der Waals surface area contributed by atoms with Crippen LogP contribution in [0, 0.1) is 6.92 Å². The van der Waals surface area contributed by atoms with Gasteiger partial charge in [-0.3, -0.25) is 0 Å². The van der Waals surface area contributed by atoms with Gasteiger partial charge in [0.05, 0.1) is 16.3 Å². The summed E-state index contributed by atoms with van der Waals surface area (Å²) in [6.07, 6.45) is 3.65. The number of hydrogen-bond acceptors (Lipinski definition) is 5. The molecule has 0 aliphatic carbocycles. The van der Waals surface area contributed by atoms with E-state index in [0.29, 0.717) is 18.8 Å². The maximum atomic E-state index is 12.8. The van der Waals surface area contributed by atoms with E-state index in [1.807, 2.05) is 29.7 Å². The topological polar surface area (TPSA) is 81.0 Å². The predicted octanol–water partition coefficient (Wildman–Crippen LogP) is 3.68. The highest BCUT2D eigenvalue weighted by atomic mass is 35.5. The van der Waals surface area contributed by atoms with Crippen molar-refractivity contribution in [1.29, 1.82) is 0 Å². The zero-order valence-corrected chi connectivity index (χ0v) is 18.0. The van der Waals surface area contributed by atoms with E-state index >= 15 is 0 Å². The molecule has 3 aromatic rings. The van der Waals surface area contributed by atoms with E-state index in [2.05, 4.69) is 4.98 Å². The van der Waals surface area contributed by atoms with Gasteiger partial charge in [-0.2, -0.15) is 4.31 Å². The van der Waals surface area contributed by atoms with Crippen LogP contribution in [0.1, 0.15) is 35.5 Å². The second-order valence-corrected chi connectivity index (χ2v) is 8.78. The molecule has 3 rings (SSSR count). The van der Waals surface area contributed by atoms with Crippen LogP contribution in [-0.4, -0.2) is 41.2 Å². The third-order valence-corrected chi connectivity index (χ3v) is 7.10. The molecule has 0 unspecified atom stereocenters. The molecule has 0 radical (unpaired) electrons. The second kappa shape index (κ2) is 8.52. The average molecular weight is 436 g/mol. The van der Waals surface area contributed by atoms with Gasteiger partial charge in [0.25, 0.3) is 0 Å². The van der Waals surface area contributed by atoms with E-state index in [0.717, 1.165) is 11.2 Å². The van der Waals surface area contributed by atoms with E-state index in [4.69, 9.17) is 16.3 Å². The van der Waals surface area contributed by atoms with Gasteiger partial charge in [0, 0.05) is 25.5 Å². The maximum absolute atomic E-state index is 12.8. The van der Waals surface area contributed by atoms with E-state index in [-0.39, 0.29) is 22.1 Å². The van der Waals surface area contributed by atoms with Crippen molar-refractivity contribution in [2.75, 3.05) is 13.1 Å². The van der Waals surface area contributed by atoms with Crippen LogP contribution in [-0.2, 0) is 21.4 Å². The van der Waals surface area contributed by atoms with Crippen LogP contribution >= 0.6 is 11.6 Å². The molecule has 2 heterocycles. The lowest BCUT2D eigenvalue weighted by atomic mass is 10.2. The Bertz CT molecular complexity index is 1150. The first-order valence-corrected chi connectivity index (χ1v) is 11.0. The molecule has 0 N–H and O–H groups in total. The molecule has 0 amide bonds. The summed E-state index contributed by atoms with van der Waals surface area (Å²) in [7, 11) is -3.80. The van der Waals surface area contributed by atoms with E-state index in [1.165, 1.54) is 22.5 Å². The minimum absolute atomic E-state index is 0.0271. The average Bonchev–Trinajstić information content (AvgIpc) is 3.11. The van der Waals surface area contributed by atoms with Crippen LogP contribution < -0.4 is 0 Å². The lowest BCUT2D eigenvalue weighted by Crippen LogP contribution is -2.31. The highest BCUT2D eigenvalue weighted by molar-refractivity contribution is 7.89. The Morgan fingerprint density at radius 2 is 1.97 bits per heavy atom. The summed E-state index contributed by atoms with van der Waals surface area (Å²) in [6.45, 7) is 6.01. The van der Waals surface area contributed by atoms with Gasteiger partial charge in [-0.05, 0) is 36.8 Å². The number of ether oxygens (including phenoxy) is 1. The molecule has 7 nitrogen and oxygen atoms in total. The van der Waals surface area contributed by atoms with Crippen LogP contribution in [0.2, 0.25) is 5.02 Å². The number of fused-ring (bicyclic) bond motifs is 1. The van der Waals surface area contributed by atoms with Crippen LogP contribution in [0.5, 0.6) is 0 Å². The summed E-state index contributed by atoms with van der Waals surface area (Å²) in [4.78, 5) is 16.8. The Labute approximate surface area is 174 Å². The van der Waals surface area contributed by atoms with Gasteiger partial charge in [0.15, 0.2) is 0 Å². The molecular weight excluding hydrogens is 414 g/mol. The number of carbonyl (C=O) groups excluding carboxylic acids is 1. The molecule has 29 heavy (non-hydrogen) atoms. The van der Waals surface area contributed by atoms with Gasteiger partial charge in [0.2, 0.25) is 10.0 Å². The summed E-state index contributed by atoms with van der Waals surface area (Å²) in [6, 6.07) is 7.95. The van der Waals surface area contributed by atoms with Crippen LogP contribution in [0.25, 0.3) is 5.65 Å². The van der Waals surface area contributed by atoms with Crippen molar-refractivity contribution < 1.29 is 17.9 Å². The van der Waals surface area contributed by atoms with Crippen molar-refractivity contribution in [3.63, 3.8) is 0 Å². The minimum Gasteiger partial charge on any atom is -0.456 e. The molecule has 154 valence electrons. The Morgan fingerprint density at radius 3 is 2.62 bits per heavy atom. The first-order chi connectivity index (χ1) is 13.8. The maximum Gasteiger partial charge on any atom is 0.338 e. The Hall–Kier alpha value is -2.42. The molecule has 1 aromatic carbocycles. The number of aryl methyl sites for hydroxylation is 1. The number of esters is 1. The van der Waals surface area contributed by atoms with Crippen molar-refractivity contribution in [3.8, 4) is 0 Å². The second-order valence-electron chi connectivity index (χ2n) is 6.46. The number of benzene rings is 1. The monoisotopic (exact) mass is 435 g/mol. The fraction of sp³-hybridized carbons (Fsp3) is 0.300. The van der Waals surface area contributed by atoms with E-state index < -0.39 is 16.0 Å². The molecule has 0 aliphatic rings. The number of sulfonamides is 1. The SMILES string of the molecule is CCN(CC)S(=O)(=O)c1cc(C(=O)OCc2cn3cccc(C)c3n2)ccc1Cl. The molecular formula is C20H22ClN3O4S. The molecule has 0 atom stereocenters. The lowest BCUT2D eigenvalue weighted by Gasteiger charge is -2.19. The predicted molar refractivity (Wildman–Crippen MR) is 111 cm³/mol. The number of aromatic nitrogens is 2. The number of rotatable bonds is 7. The highest BCUT2D eigenvalue weighted by Gasteiger charge is 2.26. The summed E-state index contributed by atoms with van der Waals surface area (Å²) >= 11 is 6.11. The first-order valence-electron chi connectivity index (χ1n) is 9.18. The van der Waals surface area contributed by atoms with E-state index in [9.17, 15) is 13.2 Å². The third-order valence-electron chi connectivity index (χ3n) is 4.57. The van der Waals surface area contributed by atoms with Crippen LogP contribution in [0.3, 0.4) is 0 Å². The van der Waals surface area contributed by atoms with Crippen molar-refractivity contribution in [2.24, 2.45) is 0 Å². The molecule has 0 aliphatic heterocycles. The number of hydrogen-bond donors (Lipinski definition) is 0. The van der Waals surface area contributed by atoms with Gasteiger partial charge in [-0.15, -0.1) is 0 Å². The summed E-state index contributed by atoms with van der Waals surface area (Å²) < 4.78 is 34.0. The molecule has 0 spiro atoms. The molecule has 0 bridgehead atoms. The molecule has 9 heteroatoms. The summed E-state index contributed by atoms with van der Waals surface area (Å²) in [5.41, 5.74) is 2.50. The van der Waals surface area contributed by atoms with E-state index in [1.54, 1.807) is 20.0 Å². The fourth-order valence-electron chi connectivity index (χ4n) is 3.03. The molecule has 0 fully saturated rings. The standard InChI is InChI=1S/C20H22ClN3O4S/c1-4-24(5-2)29(26,27)18-11-15(8-9-17(18)21)20(25)28-13-16-12-23-10-6-7-14(3)19(23)22-16/h6-12H,4-5,13H2,1-3H3. The normalized spacial score (nSPS) is 11.9. The Kier molecular flexibility index (Phi) is 6.26. The van der Waals surface area contributed by atoms with Crippen molar-refractivity contribution >= 4 is 33.2 Å². The van der Waals surface area contributed by atoms with Gasteiger partial charge >= 0.3 is 5.97 Å². The first kappa shape index (κ1) is 21.3. The highest BCUT2D eigenvalue weighted by Crippen LogP contribution is 2.26. The quantitative estimate of drug-likeness (QED) is 0.529.